The van der Waals surface area contributed by atoms with Gasteiger partial charge in [-0.1, -0.05) is 72.8 Å². The molecule has 0 unspecified atom stereocenters. The molecule has 5 nitrogen and oxygen atoms in total. The number of benzene rings is 3. The summed E-state index contributed by atoms with van der Waals surface area (Å²) in [6, 6.07) is 28.4. The number of aromatic nitrogens is 3. The average Bonchev–Trinajstić information content (AvgIpc) is 2.84. The number of phenolic OH excluding ortho intramolecular Hbond substituents is 1. The number of para-hydroxylation sites is 1. The Balaban J connectivity index is 1.75. The highest BCUT2D eigenvalue weighted by Gasteiger charge is 2.18. The molecule has 0 spiro atoms. The second-order valence-electron chi connectivity index (χ2n) is 7.56. The summed E-state index contributed by atoms with van der Waals surface area (Å²) in [4.78, 5) is 23.2. The fourth-order valence-electron chi connectivity index (χ4n) is 3.94. The van der Waals surface area contributed by atoms with Gasteiger partial charge < -0.3 is 5.11 Å². The molecule has 0 aliphatic heterocycles. The summed E-state index contributed by atoms with van der Waals surface area (Å²) in [6.45, 7) is 0.429. The lowest BCUT2D eigenvalue weighted by Gasteiger charge is -2.16. The van der Waals surface area contributed by atoms with Crippen molar-refractivity contribution in [3.05, 3.63) is 113 Å². The number of pyridine rings is 1. The second kappa shape index (κ2) is 8.47. The van der Waals surface area contributed by atoms with Gasteiger partial charge in [-0.25, -0.2) is 4.98 Å². The van der Waals surface area contributed by atoms with E-state index in [-0.39, 0.29) is 11.3 Å². The van der Waals surface area contributed by atoms with Crippen LogP contribution in [0, 0.1) is 0 Å². The molecule has 5 rings (SSSR count). The van der Waals surface area contributed by atoms with Crippen LogP contribution in [0.5, 0.6) is 5.75 Å². The van der Waals surface area contributed by atoms with Crippen molar-refractivity contribution in [2.45, 2.75) is 13.0 Å². The van der Waals surface area contributed by atoms with Gasteiger partial charge in [0, 0.05) is 18.3 Å². The molecule has 0 radical (unpaired) electrons. The van der Waals surface area contributed by atoms with Gasteiger partial charge in [0.2, 0.25) is 0 Å². The van der Waals surface area contributed by atoms with Crippen LogP contribution in [0.15, 0.2) is 102 Å². The van der Waals surface area contributed by atoms with Crippen molar-refractivity contribution in [3.63, 3.8) is 0 Å². The Kier molecular flexibility index (Phi) is 5.22. The van der Waals surface area contributed by atoms with Crippen molar-refractivity contribution in [2.75, 3.05) is 0 Å². The fourth-order valence-corrected chi connectivity index (χ4v) is 3.94. The predicted molar refractivity (Wildman–Crippen MR) is 126 cm³/mol. The molecule has 3 aromatic carbocycles. The van der Waals surface area contributed by atoms with Gasteiger partial charge in [0.1, 0.15) is 11.6 Å². The zero-order chi connectivity index (χ0) is 21.9. The number of aryl methyl sites for hydroxylation is 1. The SMILES string of the molecule is O=c1c2c(-c3ccccc3)nccc2nc(-c2ccccc2O)n1CCc1ccccc1. The molecule has 0 amide bonds. The smallest absolute Gasteiger partial charge is 0.263 e. The summed E-state index contributed by atoms with van der Waals surface area (Å²) in [5.41, 5.74) is 3.50. The Morgan fingerprint density at radius 3 is 2.25 bits per heavy atom. The van der Waals surface area contributed by atoms with E-state index in [9.17, 15) is 9.90 Å². The van der Waals surface area contributed by atoms with E-state index in [0.717, 1.165) is 11.1 Å². The highest BCUT2D eigenvalue weighted by Crippen LogP contribution is 2.29. The Labute approximate surface area is 185 Å². The lowest BCUT2D eigenvalue weighted by molar-refractivity contribution is 0.476. The van der Waals surface area contributed by atoms with Gasteiger partial charge in [-0.05, 0) is 30.2 Å². The summed E-state index contributed by atoms with van der Waals surface area (Å²) in [7, 11) is 0. The number of rotatable bonds is 5. The Hall–Kier alpha value is -4.25. The van der Waals surface area contributed by atoms with Crippen molar-refractivity contribution in [2.24, 2.45) is 0 Å². The molecule has 1 N–H and O–H groups in total. The highest BCUT2D eigenvalue weighted by atomic mass is 16.3. The van der Waals surface area contributed by atoms with Gasteiger partial charge in [0.15, 0.2) is 0 Å². The van der Waals surface area contributed by atoms with Crippen LogP contribution in [0.2, 0.25) is 0 Å². The van der Waals surface area contributed by atoms with Crippen LogP contribution < -0.4 is 5.56 Å². The van der Waals surface area contributed by atoms with Gasteiger partial charge in [-0.15, -0.1) is 0 Å². The monoisotopic (exact) mass is 419 g/mol. The Morgan fingerprint density at radius 2 is 1.50 bits per heavy atom. The van der Waals surface area contributed by atoms with E-state index in [1.807, 2.05) is 66.7 Å². The number of hydrogen-bond acceptors (Lipinski definition) is 4. The molecule has 5 heteroatoms. The highest BCUT2D eigenvalue weighted by molar-refractivity contribution is 5.92. The zero-order valence-electron chi connectivity index (χ0n) is 17.3. The van der Waals surface area contributed by atoms with Crippen molar-refractivity contribution in [1.29, 1.82) is 0 Å². The molecule has 0 atom stereocenters. The summed E-state index contributed by atoms with van der Waals surface area (Å²) in [5.74, 6) is 0.534. The van der Waals surface area contributed by atoms with E-state index >= 15 is 0 Å². The molecule has 32 heavy (non-hydrogen) atoms. The van der Waals surface area contributed by atoms with Crippen molar-refractivity contribution in [1.82, 2.24) is 14.5 Å². The number of aromatic hydroxyl groups is 1. The minimum absolute atomic E-state index is 0.0875. The van der Waals surface area contributed by atoms with Crippen LogP contribution in [0.3, 0.4) is 0 Å². The maximum Gasteiger partial charge on any atom is 0.263 e. The van der Waals surface area contributed by atoms with Crippen LogP contribution in [0.25, 0.3) is 33.5 Å². The Morgan fingerprint density at radius 1 is 0.812 bits per heavy atom. The van der Waals surface area contributed by atoms with Crippen LogP contribution in [0.1, 0.15) is 5.56 Å². The summed E-state index contributed by atoms with van der Waals surface area (Å²) in [5, 5.41) is 11.0. The average molecular weight is 419 g/mol. The van der Waals surface area contributed by atoms with Gasteiger partial charge >= 0.3 is 0 Å². The molecule has 0 bridgehead atoms. The van der Waals surface area contributed by atoms with E-state index in [4.69, 9.17) is 4.98 Å². The fraction of sp³-hybridized carbons (Fsp3) is 0.0741. The van der Waals surface area contributed by atoms with Crippen molar-refractivity contribution < 1.29 is 5.11 Å². The largest absolute Gasteiger partial charge is 0.507 e. The number of hydrogen-bond donors (Lipinski definition) is 1. The number of nitrogens with zero attached hydrogens (tertiary/aromatic N) is 3. The third-order valence-electron chi connectivity index (χ3n) is 5.53. The van der Waals surface area contributed by atoms with Gasteiger partial charge in [-0.2, -0.15) is 0 Å². The molecule has 156 valence electrons. The first kappa shape index (κ1) is 19.7. The van der Waals surface area contributed by atoms with Crippen LogP contribution in [-0.2, 0) is 13.0 Å². The van der Waals surface area contributed by atoms with Crippen molar-refractivity contribution in [3.8, 4) is 28.4 Å². The molecule has 2 aromatic heterocycles. The maximum absolute atomic E-state index is 13.9. The predicted octanol–water partition coefficient (Wildman–Crippen LogP) is 5.07. The third-order valence-corrected chi connectivity index (χ3v) is 5.53. The van der Waals surface area contributed by atoms with Gasteiger partial charge in [-0.3, -0.25) is 14.3 Å². The Bertz CT molecular complexity index is 1450. The lowest BCUT2D eigenvalue weighted by Crippen LogP contribution is -2.25. The summed E-state index contributed by atoms with van der Waals surface area (Å²) >= 11 is 0. The standard InChI is InChI=1S/C27H21N3O2/c31-23-14-8-7-13-21(23)26-29-22-15-17-28-25(20-11-5-2-6-12-20)24(22)27(32)30(26)18-16-19-9-3-1-4-10-19/h1-15,17,31H,16,18H2. The van der Waals surface area contributed by atoms with Crippen LogP contribution in [0.4, 0.5) is 0 Å². The minimum Gasteiger partial charge on any atom is -0.507 e. The molecule has 0 saturated carbocycles. The van der Waals surface area contributed by atoms with E-state index in [1.165, 1.54) is 0 Å². The maximum atomic E-state index is 13.9. The minimum atomic E-state index is -0.170. The number of phenols is 1. The third kappa shape index (κ3) is 3.65. The first-order valence-corrected chi connectivity index (χ1v) is 10.5. The second-order valence-corrected chi connectivity index (χ2v) is 7.56. The van der Waals surface area contributed by atoms with Gasteiger partial charge in [0.25, 0.3) is 5.56 Å². The van der Waals surface area contributed by atoms with Crippen LogP contribution in [-0.4, -0.2) is 19.6 Å². The van der Waals surface area contributed by atoms with Crippen LogP contribution >= 0.6 is 0 Å². The van der Waals surface area contributed by atoms with Crippen molar-refractivity contribution >= 4 is 10.9 Å². The molecule has 5 aromatic rings. The molecule has 0 fully saturated rings. The summed E-state index contributed by atoms with van der Waals surface area (Å²) in [6.07, 6.45) is 2.33. The quantitative estimate of drug-likeness (QED) is 0.432. The van der Waals surface area contributed by atoms with E-state index in [1.54, 1.807) is 35.0 Å². The lowest BCUT2D eigenvalue weighted by atomic mass is 10.1. The van der Waals surface area contributed by atoms with E-state index in [2.05, 4.69) is 4.98 Å². The first-order valence-electron chi connectivity index (χ1n) is 10.5. The van der Waals surface area contributed by atoms with E-state index in [0.29, 0.717) is 41.0 Å². The number of fused-ring (bicyclic) bond motifs is 1. The van der Waals surface area contributed by atoms with Gasteiger partial charge in [0.05, 0.1) is 22.2 Å². The molecule has 0 saturated heterocycles. The molecule has 2 heterocycles. The topological polar surface area (TPSA) is 68.0 Å². The normalized spacial score (nSPS) is 11.0. The first-order chi connectivity index (χ1) is 15.7. The van der Waals surface area contributed by atoms with E-state index < -0.39 is 0 Å². The molecular weight excluding hydrogens is 398 g/mol. The molecular formula is C27H21N3O2. The summed E-state index contributed by atoms with van der Waals surface area (Å²) < 4.78 is 1.65. The molecule has 0 aliphatic rings. The zero-order valence-corrected chi connectivity index (χ0v) is 17.3. The molecule has 0 aliphatic carbocycles.